The minimum Gasteiger partial charge on any atom is -0.491 e. The lowest BCUT2D eigenvalue weighted by Crippen LogP contribution is -2.24. The van der Waals surface area contributed by atoms with Crippen molar-refractivity contribution < 1.29 is 19.9 Å². The summed E-state index contributed by atoms with van der Waals surface area (Å²) in [6.07, 6.45) is -0.835. The van der Waals surface area contributed by atoms with E-state index in [2.05, 4.69) is 4.98 Å². The number of ether oxygens (including phenoxy) is 1. The van der Waals surface area contributed by atoms with Crippen molar-refractivity contribution >= 4 is 16.7 Å². The number of imidazole rings is 1. The Kier molecular flexibility index (Phi) is 4.92. The summed E-state index contributed by atoms with van der Waals surface area (Å²) in [7, 11) is 0. The minimum atomic E-state index is -0.835. The third kappa shape index (κ3) is 3.76. The van der Waals surface area contributed by atoms with E-state index in [1.54, 1.807) is 4.57 Å². The van der Waals surface area contributed by atoms with Crippen LogP contribution in [0.15, 0.2) is 48.5 Å². The van der Waals surface area contributed by atoms with Crippen LogP contribution in [0, 0.1) is 10.1 Å². The SMILES string of the molecule is O=[N+]([O-])c1ccc(OC[C@@H](O)Cn2c(CO)nc3ccccc32)cc1. The zero-order valence-electron chi connectivity index (χ0n) is 13.3. The summed E-state index contributed by atoms with van der Waals surface area (Å²) in [5.41, 5.74) is 1.54. The lowest BCUT2D eigenvalue weighted by atomic mass is 10.3. The molecule has 1 atom stereocenters. The highest BCUT2D eigenvalue weighted by molar-refractivity contribution is 5.75. The second kappa shape index (κ2) is 7.29. The fraction of sp³-hybridized carbons (Fsp3) is 0.235. The van der Waals surface area contributed by atoms with Gasteiger partial charge in [0.1, 0.15) is 30.9 Å². The third-order valence-electron chi connectivity index (χ3n) is 3.76. The van der Waals surface area contributed by atoms with Crippen LogP contribution in [0.4, 0.5) is 5.69 Å². The van der Waals surface area contributed by atoms with Gasteiger partial charge in [-0.25, -0.2) is 4.98 Å². The summed E-state index contributed by atoms with van der Waals surface area (Å²) >= 11 is 0. The van der Waals surface area contributed by atoms with E-state index in [0.29, 0.717) is 11.6 Å². The second-order valence-electron chi connectivity index (χ2n) is 5.50. The average Bonchev–Trinajstić information content (AvgIpc) is 2.98. The van der Waals surface area contributed by atoms with Gasteiger partial charge in [0.15, 0.2) is 0 Å². The van der Waals surface area contributed by atoms with Gasteiger partial charge in [0.05, 0.1) is 22.5 Å². The van der Waals surface area contributed by atoms with Crippen molar-refractivity contribution in [2.75, 3.05) is 6.61 Å². The van der Waals surface area contributed by atoms with Gasteiger partial charge in [0, 0.05) is 12.1 Å². The summed E-state index contributed by atoms with van der Waals surface area (Å²) in [6.45, 7) is -0.0107. The Morgan fingerprint density at radius 3 is 2.60 bits per heavy atom. The van der Waals surface area contributed by atoms with Crippen LogP contribution in [0.25, 0.3) is 11.0 Å². The van der Waals surface area contributed by atoms with Crippen molar-refractivity contribution in [3.63, 3.8) is 0 Å². The number of aromatic nitrogens is 2. The van der Waals surface area contributed by atoms with E-state index in [1.807, 2.05) is 24.3 Å². The largest absolute Gasteiger partial charge is 0.491 e. The fourth-order valence-electron chi connectivity index (χ4n) is 2.57. The predicted octanol–water partition coefficient (Wildman–Crippen LogP) is 1.88. The quantitative estimate of drug-likeness (QED) is 0.500. The van der Waals surface area contributed by atoms with Crippen LogP contribution >= 0.6 is 0 Å². The molecule has 0 amide bonds. The van der Waals surface area contributed by atoms with Crippen LogP contribution < -0.4 is 4.74 Å². The van der Waals surface area contributed by atoms with Crippen molar-refractivity contribution in [1.29, 1.82) is 0 Å². The number of hydrogen-bond donors (Lipinski definition) is 2. The van der Waals surface area contributed by atoms with E-state index >= 15 is 0 Å². The molecule has 2 N–H and O–H groups in total. The molecule has 1 aromatic heterocycles. The van der Waals surface area contributed by atoms with Crippen LogP contribution in [-0.2, 0) is 13.2 Å². The minimum absolute atomic E-state index is 0.00911. The number of nitro benzene ring substituents is 1. The zero-order valence-corrected chi connectivity index (χ0v) is 13.3. The Morgan fingerprint density at radius 1 is 1.20 bits per heavy atom. The van der Waals surface area contributed by atoms with Crippen LogP contribution in [0.2, 0.25) is 0 Å². The standard InChI is InChI=1S/C17H17N3O5/c21-10-17-18-15-3-1-2-4-16(15)19(17)9-13(22)11-25-14-7-5-12(6-8-14)20(23)24/h1-8,13,21-22H,9-11H2/t13-/m0/s1. The maximum Gasteiger partial charge on any atom is 0.269 e. The molecular formula is C17H17N3O5. The van der Waals surface area contributed by atoms with E-state index in [9.17, 15) is 20.3 Å². The molecule has 0 aliphatic heterocycles. The molecule has 8 heteroatoms. The first-order valence-corrected chi connectivity index (χ1v) is 7.69. The Labute approximate surface area is 143 Å². The van der Waals surface area contributed by atoms with Gasteiger partial charge >= 0.3 is 0 Å². The first-order valence-electron chi connectivity index (χ1n) is 7.69. The number of aliphatic hydroxyl groups is 2. The van der Waals surface area contributed by atoms with Gasteiger partial charge in [-0.05, 0) is 24.3 Å². The van der Waals surface area contributed by atoms with Gasteiger partial charge in [0.2, 0.25) is 0 Å². The van der Waals surface area contributed by atoms with Gasteiger partial charge in [-0.2, -0.15) is 0 Å². The number of benzene rings is 2. The van der Waals surface area contributed by atoms with E-state index in [1.165, 1.54) is 24.3 Å². The number of rotatable bonds is 7. The lowest BCUT2D eigenvalue weighted by Gasteiger charge is -2.15. The number of non-ortho nitro benzene ring substituents is 1. The van der Waals surface area contributed by atoms with Gasteiger partial charge in [-0.1, -0.05) is 12.1 Å². The number of para-hydroxylation sites is 2. The second-order valence-corrected chi connectivity index (χ2v) is 5.50. The van der Waals surface area contributed by atoms with Crippen molar-refractivity contribution in [3.8, 4) is 5.75 Å². The fourth-order valence-corrected chi connectivity index (χ4v) is 2.57. The van der Waals surface area contributed by atoms with Gasteiger partial charge in [-0.3, -0.25) is 10.1 Å². The van der Waals surface area contributed by atoms with Crippen molar-refractivity contribution in [1.82, 2.24) is 9.55 Å². The monoisotopic (exact) mass is 343 g/mol. The number of fused-ring (bicyclic) bond motifs is 1. The zero-order chi connectivity index (χ0) is 17.8. The van der Waals surface area contributed by atoms with Crippen molar-refractivity contribution in [2.45, 2.75) is 19.3 Å². The summed E-state index contributed by atoms with van der Waals surface area (Å²) in [5.74, 6) is 0.901. The number of aliphatic hydroxyl groups excluding tert-OH is 2. The summed E-state index contributed by atoms with van der Waals surface area (Å²) in [6, 6.07) is 13.1. The van der Waals surface area contributed by atoms with Crippen molar-refractivity contribution in [2.24, 2.45) is 0 Å². The first-order chi connectivity index (χ1) is 12.1. The molecule has 0 saturated heterocycles. The molecule has 0 aliphatic carbocycles. The number of nitro groups is 1. The summed E-state index contributed by atoms with van der Waals surface area (Å²) in [4.78, 5) is 14.5. The molecule has 3 aromatic rings. The molecule has 0 radical (unpaired) electrons. The Morgan fingerprint density at radius 2 is 1.92 bits per heavy atom. The highest BCUT2D eigenvalue weighted by Gasteiger charge is 2.14. The summed E-state index contributed by atoms with van der Waals surface area (Å²) < 4.78 is 7.22. The Bertz CT molecular complexity index is 876. The number of hydrogen-bond acceptors (Lipinski definition) is 6. The molecular weight excluding hydrogens is 326 g/mol. The average molecular weight is 343 g/mol. The molecule has 0 bridgehead atoms. The third-order valence-corrected chi connectivity index (χ3v) is 3.76. The molecule has 130 valence electrons. The Balaban J connectivity index is 1.66. The van der Waals surface area contributed by atoms with E-state index in [0.717, 1.165) is 11.0 Å². The normalized spacial score (nSPS) is 12.2. The van der Waals surface area contributed by atoms with Crippen LogP contribution in [0.3, 0.4) is 0 Å². The molecule has 0 saturated carbocycles. The van der Waals surface area contributed by atoms with E-state index < -0.39 is 11.0 Å². The first kappa shape index (κ1) is 16.9. The molecule has 0 spiro atoms. The van der Waals surface area contributed by atoms with E-state index in [4.69, 9.17) is 4.74 Å². The smallest absolute Gasteiger partial charge is 0.269 e. The van der Waals surface area contributed by atoms with E-state index in [-0.39, 0.29) is 25.4 Å². The highest BCUT2D eigenvalue weighted by Crippen LogP contribution is 2.19. The van der Waals surface area contributed by atoms with Crippen molar-refractivity contribution in [3.05, 3.63) is 64.5 Å². The molecule has 3 rings (SSSR count). The highest BCUT2D eigenvalue weighted by atomic mass is 16.6. The van der Waals surface area contributed by atoms with Crippen LogP contribution in [-0.4, -0.2) is 37.4 Å². The number of nitrogens with zero attached hydrogens (tertiary/aromatic N) is 3. The maximum atomic E-state index is 10.6. The molecule has 2 aromatic carbocycles. The van der Waals surface area contributed by atoms with Crippen LogP contribution in [0.1, 0.15) is 5.82 Å². The lowest BCUT2D eigenvalue weighted by molar-refractivity contribution is -0.384. The Hall–Kier alpha value is -2.97. The summed E-state index contributed by atoms with van der Waals surface area (Å²) in [5, 5.41) is 30.3. The molecule has 0 fully saturated rings. The molecule has 0 aliphatic rings. The van der Waals surface area contributed by atoms with Gasteiger partial charge < -0.3 is 19.5 Å². The maximum absolute atomic E-state index is 10.6. The molecule has 25 heavy (non-hydrogen) atoms. The molecule has 0 unspecified atom stereocenters. The van der Waals surface area contributed by atoms with Crippen LogP contribution in [0.5, 0.6) is 5.75 Å². The predicted molar refractivity (Wildman–Crippen MR) is 90.3 cm³/mol. The van der Waals surface area contributed by atoms with Gasteiger partial charge in [0.25, 0.3) is 5.69 Å². The topological polar surface area (TPSA) is 111 Å². The van der Waals surface area contributed by atoms with Gasteiger partial charge in [-0.15, -0.1) is 0 Å². The molecule has 8 nitrogen and oxygen atoms in total. The molecule has 1 heterocycles.